The first-order valence-electron chi connectivity index (χ1n) is 10.3. The third-order valence-electron chi connectivity index (χ3n) is 6.13. The maximum Gasteiger partial charge on any atom is 0.142 e. The SMILES string of the molecule is N#Cc1c(-c2ccc3ccc4cccc5ccc2c3c45)cc(-c2ccccc2F)nc1N. The molecule has 0 saturated heterocycles. The molecular formula is C28H16FN3. The Kier molecular flexibility index (Phi) is 3.87. The van der Waals surface area contributed by atoms with Gasteiger partial charge in [-0.2, -0.15) is 5.26 Å². The second-order valence-electron chi connectivity index (χ2n) is 7.88. The van der Waals surface area contributed by atoms with E-state index in [1.165, 1.54) is 22.2 Å². The van der Waals surface area contributed by atoms with Crippen LogP contribution in [0.3, 0.4) is 0 Å². The van der Waals surface area contributed by atoms with E-state index in [1.807, 2.05) is 6.07 Å². The zero-order valence-electron chi connectivity index (χ0n) is 16.9. The van der Waals surface area contributed by atoms with Gasteiger partial charge >= 0.3 is 0 Å². The van der Waals surface area contributed by atoms with Gasteiger partial charge < -0.3 is 5.73 Å². The van der Waals surface area contributed by atoms with Gasteiger partial charge in [-0.25, -0.2) is 9.37 Å². The van der Waals surface area contributed by atoms with Crippen LogP contribution in [0.15, 0.2) is 84.9 Å². The first kappa shape index (κ1) is 18.3. The van der Waals surface area contributed by atoms with Crippen molar-refractivity contribution >= 4 is 38.1 Å². The Morgan fingerprint density at radius 3 is 2.16 bits per heavy atom. The Balaban J connectivity index is 1.72. The average molecular weight is 413 g/mol. The molecule has 4 heteroatoms. The van der Waals surface area contributed by atoms with Crippen molar-refractivity contribution in [3.63, 3.8) is 0 Å². The lowest BCUT2D eigenvalue weighted by molar-refractivity contribution is 0.631. The third-order valence-corrected chi connectivity index (χ3v) is 6.13. The highest BCUT2D eigenvalue weighted by Gasteiger charge is 2.18. The molecule has 6 rings (SSSR count). The van der Waals surface area contributed by atoms with E-state index < -0.39 is 0 Å². The molecule has 0 aliphatic carbocycles. The van der Waals surface area contributed by atoms with Crippen molar-refractivity contribution in [1.82, 2.24) is 4.98 Å². The highest BCUT2D eigenvalue weighted by atomic mass is 19.1. The summed E-state index contributed by atoms with van der Waals surface area (Å²) in [6, 6.07) is 29.2. The van der Waals surface area contributed by atoms with Crippen LogP contribution in [0.2, 0.25) is 0 Å². The summed E-state index contributed by atoms with van der Waals surface area (Å²) in [5.41, 5.74) is 8.76. The van der Waals surface area contributed by atoms with Gasteiger partial charge in [0.2, 0.25) is 0 Å². The highest BCUT2D eigenvalue weighted by Crippen LogP contribution is 2.41. The minimum absolute atomic E-state index is 0.0916. The van der Waals surface area contributed by atoms with E-state index in [1.54, 1.807) is 24.3 Å². The fraction of sp³-hybridized carbons (Fsp3) is 0. The van der Waals surface area contributed by atoms with Gasteiger partial charge in [-0.05, 0) is 56.1 Å². The van der Waals surface area contributed by atoms with Crippen molar-refractivity contribution in [3.8, 4) is 28.5 Å². The van der Waals surface area contributed by atoms with Crippen molar-refractivity contribution < 1.29 is 4.39 Å². The number of hydrogen-bond donors (Lipinski definition) is 1. The van der Waals surface area contributed by atoms with Gasteiger partial charge in [0.1, 0.15) is 23.3 Å². The normalized spacial score (nSPS) is 11.4. The van der Waals surface area contributed by atoms with Gasteiger partial charge in [0.25, 0.3) is 0 Å². The number of pyridine rings is 1. The van der Waals surface area contributed by atoms with Crippen LogP contribution in [-0.4, -0.2) is 4.98 Å². The summed E-state index contributed by atoms with van der Waals surface area (Å²) in [4.78, 5) is 4.34. The van der Waals surface area contributed by atoms with E-state index in [9.17, 15) is 9.65 Å². The van der Waals surface area contributed by atoms with E-state index in [-0.39, 0.29) is 11.6 Å². The zero-order valence-corrected chi connectivity index (χ0v) is 16.9. The van der Waals surface area contributed by atoms with Gasteiger partial charge in [0.15, 0.2) is 0 Å². The van der Waals surface area contributed by atoms with Gasteiger partial charge in [-0.1, -0.05) is 66.7 Å². The zero-order chi connectivity index (χ0) is 21.8. The molecule has 2 N–H and O–H groups in total. The van der Waals surface area contributed by atoms with E-state index in [4.69, 9.17) is 5.73 Å². The van der Waals surface area contributed by atoms with E-state index in [2.05, 4.69) is 59.6 Å². The maximum absolute atomic E-state index is 14.5. The quantitative estimate of drug-likeness (QED) is 0.314. The lowest BCUT2D eigenvalue weighted by Gasteiger charge is -2.16. The standard InChI is InChI=1S/C28H16FN3/c29-24-7-2-1-6-21(24)25-14-22(23(15-30)28(31)32-25)19-12-10-18-9-8-16-4-3-5-17-11-13-20(19)27(18)26(16)17/h1-14H,(H2,31,32). The molecule has 0 radical (unpaired) electrons. The Morgan fingerprint density at radius 1 is 0.719 bits per heavy atom. The lowest BCUT2D eigenvalue weighted by atomic mass is 9.88. The summed E-state index contributed by atoms with van der Waals surface area (Å²) in [5.74, 6) is -0.292. The Hall–Kier alpha value is -4.49. The number of hydrogen-bond acceptors (Lipinski definition) is 3. The summed E-state index contributed by atoms with van der Waals surface area (Å²) in [7, 11) is 0. The number of nitrogens with two attached hydrogens (primary N) is 1. The number of rotatable bonds is 2. The second kappa shape index (κ2) is 6.76. The van der Waals surface area contributed by atoms with Crippen LogP contribution in [0, 0.1) is 17.1 Å². The van der Waals surface area contributed by atoms with Crippen molar-refractivity contribution in [2.45, 2.75) is 0 Å². The molecule has 0 unspecified atom stereocenters. The predicted molar refractivity (Wildman–Crippen MR) is 128 cm³/mol. The molecule has 32 heavy (non-hydrogen) atoms. The van der Waals surface area contributed by atoms with Crippen molar-refractivity contribution in [3.05, 3.63) is 96.3 Å². The topological polar surface area (TPSA) is 62.7 Å². The molecule has 150 valence electrons. The van der Waals surface area contributed by atoms with Crippen molar-refractivity contribution in [2.24, 2.45) is 0 Å². The van der Waals surface area contributed by atoms with Crippen LogP contribution < -0.4 is 5.73 Å². The summed E-state index contributed by atoms with van der Waals surface area (Å²) in [5, 5.41) is 16.7. The minimum Gasteiger partial charge on any atom is -0.383 e. The first-order valence-corrected chi connectivity index (χ1v) is 10.3. The summed E-state index contributed by atoms with van der Waals surface area (Å²) < 4.78 is 14.5. The number of nitrogen functional groups attached to an aromatic ring is 1. The van der Waals surface area contributed by atoms with Gasteiger partial charge in [0, 0.05) is 11.1 Å². The van der Waals surface area contributed by atoms with Gasteiger partial charge in [-0.15, -0.1) is 0 Å². The van der Waals surface area contributed by atoms with Crippen molar-refractivity contribution in [1.29, 1.82) is 5.26 Å². The number of aromatic nitrogens is 1. The third kappa shape index (κ3) is 2.55. The molecule has 1 aromatic heterocycles. The van der Waals surface area contributed by atoms with E-state index in [0.717, 1.165) is 21.7 Å². The molecule has 0 spiro atoms. The molecule has 0 aliphatic rings. The molecule has 0 aliphatic heterocycles. The molecule has 3 nitrogen and oxygen atoms in total. The summed E-state index contributed by atoms with van der Waals surface area (Å²) in [6.45, 7) is 0. The molecule has 1 heterocycles. The van der Waals surface area contributed by atoms with Crippen LogP contribution in [0.25, 0.3) is 54.7 Å². The van der Waals surface area contributed by atoms with Gasteiger partial charge in [0.05, 0.1) is 5.69 Å². The largest absolute Gasteiger partial charge is 0.383 e. The van der Waals surface area contributed by atoms with E-state index >= 15 is 0 Å². The number of halogens is 1. The monoisotopic (exact) mass is 413 g/mol. The number of nitrogens with zero attached hydrogens (tertiary/aromatic N) is 2. The smallest absolute Gasteiger partial charge is 0.142 e. The number of benzene rings is 5. The van der Waals surface area contributed by atoms with Crippen LogP contribution in [-0.2, 0) is 0 Å². The first-order chi connectivity index (χ1) is 15.7. The van der Waals surface area contributed by atoms with Crippen LogP contribution in [0.1, 0.15) is 5.56 Å². The summed E-state index contributed by atoms with van der Waals surface area (Å²) >= 11 is 0. The van der Waals surface area contributed by atoms with Crippen LogP contribution >= 0.6 is 0 Å². The minimum atomic E-state index is -0.384. The summed E-state index contributed by atoms with van der Waals surface area (Å²) in [6.07, 6.45) is 0. The molecule has 0 fully saturated rings. The van der Waals surface area contributed by atoms with E-state index in [0.29, 0.717) is 22.4 Å². The molecule has 0 atom stereocenters. The number of nitriles is 1. The predicted octanol–water partition coefficient (Wildman–Crippen LogP) is 6.91. The fourth-order valence-corrected chi connectivity index (χ4v) is 4.67. The Bertz CT molecular complexity index is 1700. The lowest BCUT2D eigenvalue weighted by Crippen LogP contribution is -2.01. The molecule has 0 amide bonds. The van der Waals surface area contributed by atoms with Gasteiger partial charge in [-0.3, -0.25) is 0 Å². The fourth-order valence-electron chi connectivity index (χ4n) is 4.67. The molecule has 5 aromatic carbocycles. The number of anilines is 1. The molecule has 6 aromatic rings. The Morgan fingerprint density at radius 2 is 1.41 bits per heavy atom. The Labute approximate surface area is 183 Å². The van der Waals surface area contributed by atoms with Crippen LogP contribution in [0.4, 0.5) is 10.2 Å². The maximum atomic E-state index is 14.5. The average Bonchev–Trinajstić information content (AvgIpc) is 2.82. The molecule has 0 saturated carbocycles. The highest BCUT2D eigenvalue weighted by molar-refractivity contribution is 6.25. The molecule has 0 bridgehead atoms. The second-order valence-corrected chi connectivity index (χ2v) is 7.88. The van der Waals surface area contributed by atoms with Crippen LogP contribution in [0.5, 0.6) is 0 Å². The molecular weight excluding hydrogens is 397 g/mol. The van der Waals surface area contributed by atoms with Crippen molar-refractivity contribution in [2.75, 3.05) is 5.73 Å².